The molecule has 24 heavy (non-hydrogen) atoms. The Balaban J connectivity index is 2.11. The first-order chi connectivity index (χ1) is 11.3. The molecule has 7 heteroatoms. The van der Waals surface area contributed by atoms with Crippen LogP contribution in [-0.2, 0) is 25.8 Å². The lowest BCUT2D eigenvalue weighted by molar-refractivity contribution is -0.139. The minimum absolute atomic E-state index is 0.0866. The number of carbonyl (C=O) groups excluding carboxylic acids is 2. The third kappa shape index (κ3) is 4.66. The molecule has 0 atom stereocenters. The van der Waals surface area contributed by atoms with E-state index >= 15 is 0 Å². The van der Waals surface area contributed by atoms with Gasteiger partial charge in [0.25, 0.3) is 5.91 Å². The van der Waals surface area contributed by atoms with Crippen LogP contribution in [0.15, 0.2) is 53.4 Å². The number of amides is 1. The van der Waals surface area contributed by atoms with Crippen LogP contribution in [-0.4, -0.2) is 33.7 Å². The summed E-state index contributed by atoms with van der Waals surface area (Å²) >= 11 is 0. The molecule has 0 radical (unpaired) electrons. The number of carbonyl (C=O) groups is 2. The summed E-state index contributed by atoms with van der Waals surface area (Å²) in [6, 6.07) is 12.6. The van der Waals surface area contributed by atoms with Gasteiger partial charge in [-0.05, 0) is 35.9 Å². The fourth-order valence-corrected chi connectivity index (χ4v) is 2.68. The Morgan fingerprint density at radius 2 is 1.75 bits per heavy atom. The van der Waals surface area contributed by atoms with E-state index in [1.807, 2.05) is 0 Å². The smallest absolute Gasteiger partial charge is 0.309 e. The number of hydrogen-bond acceptors (Lipinski definition) is 5. The molecule has 2 rings (SSSR count). The molecule has 2 aromatic rings. The molecule has 1 N–H and O–H groups in total. The normalized spacial score (nSPS) is 10.9. The van der Waals surface area contributed by atoms with Crippen molar-refractivity contribution >= 4 is 27.4 Å². The molecule has 0 spiro atoms. The van der Waals surface area contributed by atoms with E-state index in [0.717, 1.165) is 11.8 Å². The van der Waals surface area contributed by atoms with Gasteiger partial charge >= 0.3 is 5.97 Å². The van der Waals surface area contributed by atoms with Crippen LogP contribution < -0.4 is 5.32 Å². The third-order valence-electron chi connectivity index (χ3n) is 3.31. The predicted molar refractivity (Wildman–Crippen MR) is 89.7 cm³/mol. The maximum atomic E-state index is 12.2. The number of rotatable bonds is 5. The molecule has 6 nitrogen and oxygen atoms in total. The summed E-state index contributed by atoms with van der Waals surface area (Å²) < 4.78 is 27.7. The first-order valence-corrected chi connectivity index (χ1v) is 8.96. The molecule has 0 saturated heterocycles. The molecular formula is C17H17NO5S. The highest BCUT2D eigenvalue weighted by molar-refractivity contribution is 7.90. The van der Waals surface area contributed by atoms with Crippen LogP contribution in [0.25, 0.3) is 0 Å². The minimum Gasteiger partial charge on any atom is -0.469 e. The largest absolute Gasteiger partial charge is 0.469 e. The number of benzene rings is 2. The van der Waals surface area contributed by atoms with Crippen molar-refractivity contribution in [3.63, 3.8) is 0 Å². The Labute approximate surface area is 140 Å². The number of hydrogen-bond donors (Lipinski definition) is 1. The lowest BCUT2D eigenvalue weighted by Gasteiger charge is -2.07. The molecule has 0 heterocycles. The Hall–Kier alpha value is -2.67. The molecule has 1 amide bonds. The highest BCUT2D eigenvalue weighted by atomic mass is 32.2. The average molecular weight is 347 g/mol. The first-order valence-electron chi connectivity index (χ1n) is 7.07. The molecule has 0 bridgehead atoms. The zero-order valence-electron chi connectivity index (χ0n) is 13.3. The van der Waals surface area contributed by atoms with Crippen molar-refractivity contribution in [3.8, 4) is 0 Å². The Bertz CT molecular complexity index is 857. The van der Waals surface area contributed by atoms with Crippen molar-refractivity contribution in [2.75, 3.05) is 18.7 Å². The predicted octanol–water partition coefficient (Wildman–Crippen LogP) is 2.06. The molecule has 0 fully saturated rings. The second-order valence-corrected chi connectivity index (χ2v) is 7.22. The molecule has 2 aromatic carbocycles. The second kappa shape index (κ2) is 7.27. The molecule has 0 aliphatic carbocycles. The number of nitrogens with one attached hydrogen (secondary N) is 1. The monoisotopic (exact) mass is 347 g/mol. The van der Waals surface area contributed by atoms with Crippen molar-refractivity contribution in [2.45, 2.75) is 11.3 Å². The van der Waals surface area contributed by atoms with Crippen LogP contribution in [0.4, 0.5) is 5.69 Å². The summed E-state index contributed by atoms with van der Waals surface area (Å²) in [5.74, 6) is -0.759. The lowest BCUT2D eigenvalue weighted by Crippen LogP contribution is -2.13. The molecule has 0 saturated carbocycles. The maximum absolute atomic E-state index is 12.2. The number of sulfone groups is 1. The number of ether oxygens (including phenoxy) is 1. The van der Waals surface area contributed by atoms with E-state index < -0.39 is 15.7 Å². The van der Waals surface area contributed by atoms with Crippen molar-refractivity contribution in [1.29, 1.82) is 0 Å². The Kier molecular flexibility index (Phi) is 5.35. The third-order valence-corrected chi connectivity index (χ3v) is 4.42. The van der Waals surface area contributed by atoms with Crippen LogP contribution in [0.3, 0.4) is 0 Å². The molecular weight excluding hydrogens is 330 g/mol. The minimum atomic E-state index is -3.38. The van der Waals surface area contributed by atoms with Gasteiger partial charge in [-0.15, -0.1) is 0 Å². The van der Waals surface area contributed by atoms with Crippen LogP contribution >= 0.6 is 0 Å². The fourth-order valence-electron chi connectivity index (χ4n) is 2.02. The van der Waals surface area contributed by atoms with Gasteiger partial charge in [0, 0.05) is 17.5 Å². The van der Waals surface area contributed by atoms with Gasteiger partial charge in [0.1, 0.15) is 0 Å². The fraction of sp³-hybridized carbons (Fsp3) is 0.176. The highest BCUT2D eigenvalue weighted by Crippen LogP contribution is 2.15. The van der Waals surface area contributed by atoms with Crippen LogP contribution in [0.2, 0.25) is 0 Å². The summed E-state index contributed by atoms with van der Waals surface area (Å²) in [7, 11) is -2.05. The Morgan fingerprint density at radius 3 is 2.33 bits per heavy atom. The van der Waals surface area contributed by atoms with Gasteiger partial charge in [-0.2, -0.15) is 0 Å². The number of anilines is 1. The highest BCUT2D eigenvalue weighted by Gasteiger charge is 2.12. The molecule has 0 aliphatic heterocycles. The number of methoxy groups -OCH3 is 1. The molecule has 0 unspecified atom stereocenters. The zero-order valence-corrected chi connectivity index (χ0v) is 14.1. The summed E-state index contributed by atoms with van der Waals surface area (Å²) in [5, 5.41) is 2.68. The molecule has 126 valence electrons. The standard InChI is InChI=1S/C17H17NO5S/c1-23-16(19)10-12-6-8-14(9-7-12)18-17(20)13-4-3-5-15(11-13)24(2,21)22/h3-9,11H,10H2,1-2H3,(H,18,20). The van der Waals surface area contributed by atoms with Gasteiger partial charge in [-0.1, -0.05) is 18.2 Å². The molecule has 0 aromatic heterocycles. The van der Waals surface area contributed by atoms with E-state index in [1.165, 1.54) is 31.4 Å². The van der Waals surface area contributed by atoms with Gasteiger partial charge in [-0.3, -0.25) is 9.59 Å². The zero-order chi connectivity index (χ0) is 17.7. The summed E-state index contributed by atoms with van der Waals surface area (Å²) in [6.07, 6.45) is 1.24. The summed E-state index contributed by atoms with van der Waals surface area (Å²) in [5.41, 5.74) is 1.55. The SMILES string of the molecule is COC(=O)Cc1ccc(NC(=O)c2cccc(S(C)(=O)=O)c2)cc1. The van der Waals surface area contributed by atoms with Crippen molar-refractivity contribution in [1.82, 2.24) is 0 Å². The number of esters is 1. The van der Waals surface area contributed by atoms with E-state index in [4.69, 9.17) is 0 Å². The van der Waals surface area contributed by atoms with E-state index in [2.05, 4.69) is 10.1 Å². The van der Waals surface area contributed by atoms with Crippen LogP contribution in [0, 0.1) is 0 Å². The van der Waals surface area contributed by atoms with Crippen LogP contribution in [0.5, 0.6) is 0 Å². The van der Waals surface area contributed by atoms with Gasteiger partial charge < -0.3 is 10.1 Å². The van der Waals surface area contributed by atoms with E-state index in [1.54, 1.807) is 24.3 Å². The van der Waals surface area contributed by atoms with Gasteiger partial charge in [0.2, 0.25) is 0 Å². The van der Waals surface area contributed by atoms with E-state index in [0.29, 0.717) is 5.69 Å². The van der Waals surface area contributed by atoms with Crippen LogP contribution in [0.1, 0.15) is 15.9 Å². The topological polar surface area (TPSA) is 89.5 Å². The van der Waals surface area contributed by atoms with Gasteiger partial charge in [0.15, 0.2) is 9.84 Å². The average Bonchev–Trinajstić information content (AvgIpc) is 2.56. The van der Waals surface area contributed by atoms with Gasteiger partial charge in [0.05, 0.1) is 18.4 Å². The van der Waals surface area contributed by atoms with E-state index in [9.17, 15) is 18.0 Å². The van der Waals surface area contributed by atoms with Crippen molar-refractivity contribution < 1.29 is 22.7 Å². The molecule has 0 aliphatic rings. The van der Waals surface area contributed by atoms with Gasteiger partial charge in [-0.25, -0.2) is 8.42 Å². The maximum Gasteiger partial charge on any atom is 0.309 e. The van der Waals surface area contributed by atoms with Crippen molar-refractivity contribution in [2.24, 2.45) is 0 Å². The first kappa shape index (κ1) is 17.7. The quantitative estimate of drug-likeness (QED) is 0.836. The Morgan fingerprint density at radius 1 is 1.08 bits per heavy atom. The lowest BCUT2D eigenvalue weighted by atomic mass is 10.1. The summed E-state index contributed by atoms with van der Waals surface area (Å²) in [6.45, 7) is 0. The summed E-state index contributed by atoms with van der Waals surface area (Å²) in [4.78, 5) is 23.5. The van der Waals surface area contributed by atoms with E-state index in [-0.39, 0.29) is 22.8 Å². The second-order valence-electron chi connectivity index (χ2n) is 5.20. The van der Waals surface area contributed by atoms with Crippen molar-refractivity contribution in [3.05, 3.63) is 59.7 Å².